The summed E-state index contributed by atoms with van der Waals surface area (Å²) in [5, 5.41) is 16.4. The highest BCUT2D eigenvalue weighted by molar-refractivity contribution is 7.14. The number of hydrazone groups is 1. The number of anilines is 1. The Morgan fingerprint density at radius 3 is 2.79 bits per heavy atom. The van der Waals surface area contributed by atoms with Gasteiger partial charge in [-0.1, -0.05) is 30.3 Å². The lowest BCUT2D eigenvalue weighted by Gasteiger charge is -2.01. The van der Waals surface area contributed by atoms with Crippen LogP contribution in [-0.4, -0.2) is 15.8 Å². The van der Waals surface area contributed by atoms with Crippen LogP contribution in [0.2, 0.25) is 0 Å². The van der Waals surface area contributed by atoms with Gasteiger partial charge in [-0.05, 0) is 19.4 Å². The topological polar surface area (TPSA) is 87.7 Å². The van der Waals surface area contributed by atoms with Crippen molar-refractivity contribution in [2.45, 2.75) is 13.8 Å². The maximum absolute atomic E-state index is 11.9. The number of rotatable bonds is 4. The van der Waals surface area contributed by atoms with Crippen LogP contribution in [0.25, 0.3) is 11.3 Å². The molecule has 2 aromatic heterocycles. The van der Waals surface area contributed by atoms with Crippen molar-refractivity contribution >= 4 is 22.2 Å². The van der Waals surface area contributed by atoms with Gasteiger partial charge in [-0.2, -0.15) is 5.10 Å². The van der Waals surface area contributed by atoms with E-state index in [1.54, 1.807) is 12.3 Å². The average molecular weight is 341 g/mol. The predicted molar refractivity (Wildman–Crippen MR) is 94.8 cm³/mol. The Labute approximate surface area is 142 Å². The van der Waals surface area contributed by atoms with Crippen LogP contribution in [0.5, 0.6) is 5.75 Å². The second-order valence-corrected chi connectivity index (χ2v) is 5.98. The largest absolute Gasteiger partial charge is 0.507 e. The third-order valence-electron chi connectivity index (χ3n) is 3.33. The molecule has 0 aliphatic rings. The summed E-state index contributed by atoms with van der Waals surface area (Å²) < 4.78 is 5.01. The molecule has 0 saturated heterocycles. The standard InChI is InChI=1S/C17H15N3O3S/c1-10-8-14(21)15(16(22)23-10)13-9-24-17(18-13)20-19-11(2)12-6-4-3-5-7-12/h3-9,21H,1-2H3,(H,18,20). The van der Waals surface area contributed by atoms with Crippen LogP contribution in [0.1, 0.15) is 18.2 Å². The number of aryl methyl sites for hydroxylation is 1. The molecular weight excluding hydrogens is 326 g/mol. The number of thiazole rings is 1. The van der Waals surface area contributed by atoms with Gasteiger partial charge in [-0.3, -0.25) is 5.43 Å². The van der Waals surface area contributed by atoms with Crippen molar-refractivity contribution in [3.05, 3.63) is 63.5 Å². The molecule has 0 fully saturated rings. The van der Waals surface area contributed by atoms with Gasteiger partial charge in [0.05, 0.1) is 11.4 Å². The van der Waals surface area contributed by atoms with E-state index in [2.05, 4.69) is 15.5 Å². The first-order chi connectivity index (χ1) is 11.5. The highest BCUT2D eigenvalue weighted by atomic mass is 32.1. The molecule has 0 aliphatic heterocycles. The summed E-state index contributed by atoms with van der Waals surface area (Å²) in [6.07, 6.45) is 0. The van der Waals surface area contributed by atoms with Crippen LogP contribution in [0, 0.1) is 6.92 Å². The van der Waals surface area contributed by atoms with Gasteiger partial charge >= 0.3 is 5.63 Å². The second kappa shape index (κ2) is 6.67. The molecule has 6 nitrogen and oxygen atoms in total. The molecule has 3 aromatic rings. The van der Waals surface area contributed by atoms with E-state index in [1.807, 2.05) is 37.3 Å². The van der Waals surface area contributed by atoms with Crippen LogP contribution in [0.15, 0.2) is 56.1 Å². The van der Waals surface area contributed by atoms with E-state index < -0.39 is 5.63 Å². The van der Waals surface area contributed by atoms with E-state index in [0.717, 1.165) is 11.3 Å². The first-order valence-electron chi connectivity index (χ1n) is 7.20. The third-order valence-corrected chi connectivity index (χ3v) is 4.07. The Bertz CT molecular complexity index is 945. The van der Waals surface area contributed by atoms with Crippen molar-refractivity contribution in [1.82, 2.24) is 4.98 Å². The Morgan fingerprint density at radius 2 is 2.08 bits per heavy atom. The summed E-state index contributed by atoms with van der Waals surface area (Å²) in [5.41, 5.74) is 4.45. The molecule has 1 aromatic carbocycles. The zero-order valence-corrected chi connectivity index (χ0v) is 13.9. The number of aromatic nitrogens is 1. The molecule has 0 unspecified atom stereocenters. The molecule has 24 heavy (non-hydrogen) atoms. The summed E-state index contributed by atoms with van der Waals surface area (Å²) in [6.45, 7) is 3.48. The fourth-order valence-electron chi connectivity index (χ4n) is 2.15. The van der Waals surface area contributed by atoms with Gasteiger partial charge in [0.2, 0.25) is 5.13 Å². The van der Waals surface area contributed by atoms with Crippen LogP contribution >= 0.6 is 11.3 Å². The van der Waals surface area contributed by atoms with Crippen LogP contribution < -0.4 is 11.1 Å². The molecule has 0 spiro atoms. The number of hydrogen-bond acceptors (Lipinski definition) is 7. The highest BCUT2D eigenvalue weighted by Gasteiger charge is 2.15. The van der Waals surface area contributed by atoms with Gasteiger partial charge in [0.1, 0.15) is 17.1 Å². The van der Waals surface area contributed by atoms with Crippen LogP contribution in [0.3, 0.4) is 0 Å². The lowest BCUT2D eigenvalue weighted by molar-refractivity contribution is 0.438. The van der Waals surface area contributed by atoms with E-state index in [4.69, 9.17) is 4.42 Å². The molecule has 0 aliphatic carbocycles. The number of nitrogens with zero attached hydrogens (tertiary/aromatic N) is 2. The lowest BCUT2D eigenvalue weighted by Crippen LogP contribution is -2.04. The van der Waals surface area contributed by atoms with Crippen molar-refractivity contribution in [3.63, 3.8) is 0 Å². The molecule has 2 heterocycles. The summed E-state index contributed by atoms with van der Waals surface area (Å²) in [5.74, 6) is 0.197. The minimum absolute atomic E-state index is 0.0497. The molecule has 0 saturated carbocycles. The molecule has 0 amide bonds. The second-order valence-electron chi connectivity index (χ2n) is 5.12. The van der Waals surface area contributed by atoms with E-state index in [9.17, 15) is 9.90 Å². The molecule has 2 N–H and O–H groups in total. The monoisotopic (exact) mass is 341 g/mol. The number of aromatic hydroxyl groups is 1. The summed E-state index contributed by atoms with van der Waals surface area (Å²) >= 11 is 1.28. The maximum atomic E-state index is 11.9. The van der Waals surface area contributed by atoms with E-state index >= 15 is 0 Å². The van der Waals surface area contributed by atoms with Gasteiger partial charge in [0, 0.05) is 11.4 Å². The fraction of sp³-hybridized carbons (Fsp3) is 0.118. The molecule has 3 rings (SSSR count). The van der Waals surface area contributed by atoms with Crippen molar-refractivity contribution in [1.29, 1.82) is 0 Å². The Hall–Kier alpha value is -2.93. The summed E-state index contributed by atoms with van der Waals surface area (Å²) in [4.78, 5) is 16.2. The fourth-order valence-corrected chi connectivity index (χ4v) is 2.79. The van der Waals surface area contributed by atoms with Gasteiger partial charge in [-0.15, -0.1) is 11.3 Å². The molecule has 122 valence electrons. The maximum Gasteiger partial charge on any atom is 0.349 e. The van der Waals surface area contributed by atoms with E-state index in [-0.39, 0.29) is 11.3 Å². The number of hydrogen-bond donors (Lipinski definition) is 2. The molecule has 0 bridgehead atoms. The SMILES string of the molecule is CC(=NNc1nc(-c2c(O)cc(C)oc2=O)cs1)c1ccccc1. The predicted octanol–water partition coefficient (Wildman–Crippen LogP) is 3.61. The average Bonchev–Trinajstić information content (AvgIpc) is 3.01. The van der Waals surface area contributed by atoms with Gasteiger partial charge in [0.15, 0.2) is 0 Å². The minimum Gasteiger partial charge on any atom is -0.507 e. The van der Waals surface area contributed by atoms with Crippen molar-refractivity contribution < 1.29 is 9.52 Å². The normalized spacial score (nSPS) is 11.5. The number of nitrogens with one attached hydrogen (secondary N) is 1. The third kappa shape index (κ3) is 3.36. The highest BCUT2D eigenvalue weighted by Crippen LogP contribution is 2.29. The van der Waals surface area contributed by atoms with Gasteiger partial charge < -0.3 is 9.52 Å². The van der Waals surface area contributed by atoms with Crippen molar-refractivity contribution in [2.75, 3.05) is 5.43 Å². The molecule has 0 radical (unpaired) electrons. The first-order valence-corrected chi connectivity index (χ1v) is 8.08. The van der Waals surface area contributed by atoms with E-state index in [1.165, 1.54) is 17.4 Å². The molecule has 0 atom stereocenters. The van der Waals surface area contributed by atoms with Crippen molar-refractivity contribution in [3.8, 4) is 17.0 Å². The zero-order valence-electron chi connectivity index (χ0n) is 13.1. The lowest BCUT2D eigenvalue weighted by atomic mass is 10.1. The van der Waals surface area contributed by atoms with Gasteiger partial charge in [-0.25, -0.2) is 9.78 Å². The van der Waals surface area contributed by atoms with Crippen LogP contribution in [0.4, 0.5) is 5.13 Å². The van der Waals surface area contributed by atoms with Crippen LogP contribution in [-0.2, 0) is 0 Å². The Kier molecular flexibility index (Phi) is 4.43. The van der Waals surface area contributed by atoms with E-state index in [0.29, 0.717) is 16.6 Å². The number of benzene rings is 1. The van der Waals surface area contributed by atoms with Crippen molar-refractivity contribution in [2.24, 2.45) is 5.10 Å². The minimum atomic E-state index is -0.617. The summed E-state index contributed by atoms with van der Waals surface area (Å²) in [7, 11) is 0. The molecular formula is C17H15N3O3S. The molecule has 7 heteroatoms. The van der Waals surface area contributed by atoms with Gasteiger partial charge in [0.25, 0.3) is 0 Å². The quantitative estimate of drug-likeness (QED) is 0.559. The zero-order chi connectivity index (χ0) is 17.1. The Morgan fingerprint density at radius 1 is 1.33 bits per heavy atom. The smallest absolute Gasteiger partial charge is 0.349 e. The summed E-state index contributed by atoms with van der Waals surface area (Å²) in [6, 6.07) is 11.1. The Balaban J connectivity index is 1.83. The first kappa shape index (κ1) is 15.9.